The highest BCUT2D eigenvalue weighted by atomic mass is 16.5. The Morgan fingerprint density at radius 3 is 2.48 bits per heavy atom. The molecule has 7 heteroatoms. The predicted octanol–water partition coefficient (Wildman–Crippen LogP) is 1.75. The van der Waals surface area contributed by atoms with Crippen LogP contribution in [0.3, 0.4) is 0 Å². The third-order valence-corrected chi connectivity index (χ3v) is 4.90. The molecule has 150 valence electrons. The van der Waals surface area contributed by atoms with Gasteiger partial charge in [0.25, 0.3) is 0 Å². The number of imide groups is 1. The van der Waals surface area contributed by atoms with E-state index >= 15 is 0 Å². The topological polar surface area (TPSA) is 73.9 Å². The monoisotopic (exact) mass is 376 g/mol. The Bertz CT molecular complexity index is 642. The summed E-state index contributed by atoms with van der Waals surface area (Å²) in [6.07, 6.45) is 0.829. The Kier molecular flexibility index (Phi) is 8.06. The molecule has 0 radical (unpaired) electrons. The molecule has 1 saturated heterocycles. The van der Waals surface area contributed by atoms with Crippen molar-refractivity contribution in [3.05, 3.63) is 29.3 Å². The second kappa shape index (κ2) is 10.3. The van der Waals surface area contributed by atoms with E-state index in [1.165, 1.54) is 11.1 Å². The van der Waals surface area contributed by atoms with Gasteiger partial charge in [0, 0.05) is 44.3 Å². The molecular formula is C20H32N4O3. The SMILES string of the molecule is CC[C@H](C)NC(=O)NC(=O)CN1CCN(Cc2cc(C)ccc2OC)CC1. The van der Waals surface area contributed by atoms with Gasteiger partial charge >= 0.3 is 6.03 Å². The maximum absolute atomic E-state index is 12.0. The number of piperazine rings is 1. The molecule has 7 nitrogen and oxygen atoms in total. The second-order valence-electron chi connectivity index (χ2n) is 7.20. The first-order valence-corrected chi connectivity index (χ1v) is 9.59. The van der Waals surface area contributed by atoms with Gasteiger partial charge in [-0.1, -0.05) is 24.6 Å². The molecule has 1 aliphatic rings. The Labute approximate surface area is 162 Å². The Balaban J connectivity index is 1.76. The summed E-state index contributed by atoms with van der Waals surface area (Å²) in [4.78, 5) is 28.2. The highest BCUT2D eigenvalue weighted by molar-refractivity contribution is 5.95. The van der Waals surface area contributed by atoms with Crippen LogP contribution in [0.5, 0.6) is 5.75 Å². The number of aryl methyl sites for hydroxylation is 1. The van der Waals surface area contributed by atoms with Crippen molar-refractivity contribution < 1.29 is 14.3 Å². The van der Waals surface area contributed by atoms with Crippen molar-refractivity contribution in [1.29, 1.82) is 0 Å². The molecule has 1 atom stereocenters. The third-order valence-electron chi connectivity index (χ3n) is 4.90. The number of benzene rings is 1. The average Bonchev–Trinajstić information content (AvgIpc) is 2.63. The average molecular weight is 377 g/mol. The number of amides is 3. The van der Waals surface area contributed by atoms with Crippen molar-refractivity contribution in [2.45, 2.75) is 39.8 Å². The van der Waals surface area contributed by atoms with Crippen LogP contribution in [-0.4, -0.2) is 67.6 Å². The summed E-state index contributed by atoms with van der Waals surface area (Å²) in [5, 5.41) is 5.14. The molecule has 1 aromatic rings. The number of rotatable bonds is 7. The van der Waals surface area contributed by atoms with Crippen LogP contribution in [0.15, 0.2) is 18.2 Å². The molecule has 0 aliphatic carbocycles. The minimum Gasteiger partial charge on any atom is -0.496 e. The highest BCUT2D eigenvalue weighted by Gasteiger charge is 2.21. The van der Waals surface area contributed by atoms with Crippen molar-refractivity contribution in [3.63, 3.8) is 0 Å². The van der Waals surface area contributed by atoms with Gasteiger partial charge in [-0.3, -0.25) is 19.9 Å². The van der Waals surface area contributed by atoms with Crippen molar-refractivity contribution in [1.82, 2.24) is 20.4 Å². The lowest BCUT2D eigenvalue weighted by Gasteiger charge is -2.34. The summed E-state index contributed by atoms with van der Waals surface area (Å²) in [5.41, 5.74) is 2.40. The highest BCUT2D eigenvalue weighted by Crippen LogP contribution is 2.21. The Morgan fingerprint density at radius 2 is 1.85 bits per heavy atom. The van der Waals surface area contributed by atoms with Gasteiger partial charge in [-0.25, -0.2) is 4.79 Å². The fourth-order valence-corrected chi connectivity index (χ4v) is 3.11. The number of carbonyl (C=O) groups excluding carboxylic acids is 2. The number of hydrogen-bond donors (Lipinski definition) is 2. The normalized spacial score (nSPS) is 16.6. The van der Waals surface area contributed by atoms with E-state index in [0.717, 1.165) is 44.9 Å². The maximum Gasteiger partial charge on any atom is 0.321 e. The van der Waals surface area contributed by atoms with Crippen molar-refractivity contribution in [3.8, 4) is 5.75 Å². The molecule has 3 amide bonds. The fraction of sp³-hybridized carbons (Fsp3) is 0.600. The Hall–Kier alpha value is -2.12. The van der Waals surface area contributed by atoms with Crippen LogP contribution in [0.4, 0.5) is 4.79 Å². The number of methoxy groups -OCH3 is 1. The van der Waals surface area contributed by atoms with Crippen LogP contribution in [-0.2, 0) is 11.3 Å². The van der Waals surface area contributed by atoms with Gasteiger partial charge in [0.15, 0.2) is 0 Å². The van der Waals surface area contributed by atoms with Crippen molar-refractivity contribution >= 4 is 11.9 Å². The molecule has 0 saturated carbocycles. The molecule has 0 bridgehead atoms. The van der Waals surface area contributed by atoms with Gasteiger partial charge < -0.3 is 10.1 Å². The van der Waals surface area contributed by atoms with E-state index in [-0.39, 0.29) is 18.5 Å². The van der Waals surface area contributed by atoms with Crippen LogP contribution in [0.25, 0.3) is 0 Å². The molecule has 1 aliphatic heterocycles. The first kappa shape index (κ1) is 21.2. The van der Waals surface area contributed by atoms with Crippen molar-refractivity contribution in [2.24, 2.45) is 0 Å². The van der Waals surface area contributed by atoms with E-state index in [2.05, 4.69) is 39.5 Å². The second-order valence-corrected chi connectivity index (χ2v) is 7.20. The van der Waals surface area contributed by atoms with Gasteiger partial charge in [-0.2, -0.15) is 0 Å². The van der Waals surface area contributed by atoms with Gasteiger partial charge in [0.05, 0.1) is 13.7 Å². The summed E-state index contributed by atoms with van der Waals surface area (Å²) in [6, 6.07) is 5.86. The van der Waals surface area contributed by atoms with Crippen LogP contribution >= 0.6 is 0 Å². The van der Waals surface area contributed by atoms with Crippen LogP contribution in [0.2, 0.25) is 0 Å². The van der Waals surface area contributed by atoms with Gasteiger partial charge in [-0.15, -0.1) is 0 Å². The summed E-state index contributed by atoms with van der Waals surface area (Å²) in [7, 11) is 1.70. The minimum absolute atomic E-state index is 0.0555. The van der Waals surface area contributed by atoms with Crippen molar-refractivity contribution in [2.75, 3.05) is 39.8 Å². The summed E-state index contributed by atoms with van der Waals surface area (Å²) in [6.45, 7) is 10.4. The lowest BCUT2D eigenvalue weighted by molar-refractivity contribution is -0.121. The molecule has 0 spiro atoms. The summed E-state index contributed by atoms with van der Waals surface area (Å²) in [5.74, 6) is 0.652. The van der Waals surface area contributed by atoms with Gasteiger partial charge in [-0.05, 0) is 26.3 Å². The zero-order chi connectivity index (χ0) is 19.8. The summed E-state index contributed by atoms with van der Waals surface area (Å²) < 4.78 is 5.46. The molecule has 0 aromatic heterocycles. The Morgan fingerprint density at radius 1 is 1.19 bits per heavy atom. The molecule has 2 rings (SSSR count). The zero-order valence-corrected chi connectivity index (χ0v) is 16.9. The van der Waals surface area contributed by atoms with Crippen LogP contribution in [0.1, 0.15) is 31.4 Å². The number of hydrogen-bond acceptors (Lipinski definition) is 5. The number of urea groups is 1. The van der Waals surface area contributed by atoms with E-state index in [9.17, 15) is 9.59 Å². The van der Waals surface area contributed by atoms with E-state index in [1.807, 2.05) is 19.9 Å². The van der Waals surface area contributed by atoms with E-state index in [1.54, 1.807) is 7.11 Å². The number of carbonyl (C=O) groups is 2. The number of nitrogens with zero attached hydrogens (tertiary/aromatic N) is 2. The molecule has 1 heterocycles. The van der Waals surface area contributed by atoms with Crippen LogP contribution < -0.4 is 15.4 Å². The van der Waals surface area contributed by atoms with Crippen LogP contribution in [0, 0.1) is 6.92 Å². The minimum atomic E-state index is -0.417. The van der Waals surface area contributed by atoms with E-state index in [4.69, 9.17) is 4.74 Å². The van der Waals surface area contributed by atoms with E-state index in [0.29, 0.717) is 0 Å². The number of ether oxygens (including phenoxy) is 1. The molecule has 27 heavy (non-hydrogen) atoms. The summed E-state index contributed by atoms with van der Waals surface area (Å²) >= 11 is 0. The quantitative estimate of drug-likeness (QED) is 0.758. The molecule has 0 unspecified atom stereocenters. The molecular weight excluding hydrogens is 344 g/mol. The van der Waals surface area contributed by atoms with E-state index < -0.39 is 6.03 Å². The standard InChI is InChI=1S/C20H32N4O3/c1-5-16(3)21-20(26)22-19(25)14-24-10-8-23(9-11-24)13-17-12-15(2)6-7-18(17)27-4/h6-7,12,16H,5,8-11,13-14H2,1-4H3,(H2,21,22,25,26)/t16-/m0/s1. The first-order valence-electron chi connectivity index (χ1n) is 9.59. The largest absolute Gasteiger partial charge is 0.496 e. The molecule has 1 aromatic carbocycles. The fourth-order valence-electron chi connectivity index (χ4n) is 3.11. The predicted molar refractivity (Wildman–Crippen MR) is 106 cm³/mol. The smallest absolute Gasteiger partial charge is 0.321 e. The molecule has 1 fully saturated rings. The maximum atomic E-state index is 12.0. The van der Waals surface area contributed by atoms with Gasteiger partial charge in [0.2, 0.25) is 5.91 Å². The lowest BCUT2D eigenvalue weighted by Crippen LogP contribution is -2.51. The van der Waals surface area contributed by atoms with Gasteiger partial charge in [0.1, 0.15) is 5.75 Å². The lowest BCUT2D eigenvalue weighted by atomic mass is 10.1. The zero-order valence-electron chi connectivity index (χ0n) is 16.9. The third kappa shape index (κ3) is 6.84. The molecule has 2 N–H and O–H groups in total. The first-order chi connectivity index (χ1) is 12.9. The number of nitrogens with one attached hydrogen (secondary N) is 2.